The van der Waals surface area contributed by atoms with Crippen LogP contribution in [-0.2, 0) is 4.79 Å². The molecule has 0 aliphatic carbocycles. The van der Waals surface area contributed by atoms with Gasteiger partial charge in [-0.1, -0.05) is 20.3 Å². The molecule has 0 aromatic rings. The zero-order valence-electron chi connectivity index (χ0n) is 11.9. The third-order valence-corrected chi connectivity index (χ3v) is 3.48. The van der Waals surface area contributed by atoms with Crippen molar-refractivity contribution in [2.24, 2.45) is 11.1 Å². The number of unbranched alkanes of at least 4 members (excludes halogenated alkanes) is 1. The number of imide groups is 1. The van der Waals surface area contributed by atoms with Crippen molar-refractivity contribution < 1.29 is 9.59 Å². The Balaban J connectivity index is 2.37. The number of urea groups is 1. The van der Waals surface area contributed by atoms with Gasteiger partial charge in [0.05, 0.1) is 0 Å². The predicted octanol–water partition coefficient (Wildman–Crippen LogP) is 1.47. The fourth-order valence-electron chi connectivity index (χ4n) is 2.00. The maximum absolute atomic E-state index is 11.9. The molecule has 5 nitrogen and oxygen atoms in total. The summed E-state index contributed by atoms with van der Waals surface area (Å²) in [7, 11) is 0. The zero-order chi connectivity index (χ0) is 14.0. The third-order valence-electron chi connectivity index (χ3n) is 3.48. The minimum atomic E-state index is -0.756. The van der Waals surface area contributed by atoms with Gasteiger partial charge in [0.1, 0.15) is 5.54 Å². The quantitative estimate of drug-likeness (QED) is 0.557. The number of carbonyl (C=O) groups excluding carboxylic acids is 2. The number of amides is 3. The van der Waals surface area contributed by atoms with Crippen LogP contribution in [-0.4, -0.2) is 35.5 Å². The standard InChI is InChI=1S/C13H25N3O2/c1-12(2,9-14)7-5-6-8-16-10(17)13(3,4)15-11(16)18/h5-9,14H2,1-4H3,(H,15,18). The first-order valence-corrected chi connectivity index (χ1v) is 6.54. The van der Waals surface area contributed by atoms with Crippen LogP contribution < -0.4 is 11.1 Å². The van der Waals surface area contributed by atoms with Gasteiger partial charge in [-0.3, -0.25) is 9.69 Å². The van der Waals surface area contributed by atoms with Crippen molar-refractivity contribution in [1.82, 2.24) is 10.2 Å². The van der Waals surface area contributed by atoms with Crippen molar-refractivity contribution in [3.05, 3.63) is 0 Å². The Morgan fingerprint density at radius 1 is 1.28 bits per heavy atom. The van der Waals surface area contributed by atoms with Gasteiger partial charge in [-0.2, -0.15) is 0 Å². The molecule has 5 heteroatoms. The van der Waals surface area contributed by atoms with E-state index in [1.807, 2.05) is 0 Å². The topological polar surface area (TPSA) is 75.4 Å². The lowest BCUT2D eigenvalue weighted by molar-refractivity contribution is -0.130. The molecule has 1 saturated heterocycles. The van der Waals surface area contributed by atoms with Crippen LogP contribution in [0.3, 0.4) is 0 Å². The highest BCUT2D eigenvalue weighted by atomic mass is 16.2. The minimum absolute atomic E-state index is 0.134. The largest absolute Gasteiger partial charge is 0.330 e. The lowest BCUT2D eigenvalue weighted by Gasteiger charge is -2.22. The van der Waals surface area contributed by atoms with E-state index in [0.717, 1.165) is 19.3 Å². The minimum Gasteiger partial charge on any atom is -0.330 e. The lowest BCUT2D eigenvalue weighted by Crippen LogP contribution is -2.40. The molecule has 3 N–H and O–H groups in total. The molecule has 1 heterocycles. The molecule has 0 atom stereocenters. The Bertz CT molecular complexity index is 337. The smallest absolute Gasteiger partial charge is 0.325 e. The molecule has 0 radical (unpaired) electrons. The number of hydrogen-bond donors (Lipinski definition) is 2. The van der Waals surface area contributed by atoms with Crippen LogP contribution in [0.1, 0.15) is 47.0 Å². The van der Waals surface area contributed by atoms with E-state index in [0.29, 0.717) is 13.1 Å². The van der Waals surface area contributed by atoms with Gasteiger partial charge >= 0.3 is 6.03 Å². The second-order valence-corrected chi connectivity index (χ2v) is 6.34. The summed E-state index contributed by atoms with van der Waals surface area (Å²) in [4.78, 5) is 24.8. The van der Waals surface area contributed by atoms with Crippen LogP contribution in [0.5, 0.6) is 0 Å². The molecule has 0 unspecified atom stereocenters. The van der Waals surface area contributed by atoms with Crippen molar-refractivity contribution >= 4 is 11.9 Å². The summed E-state index contributed by atoms with van der Waals surface area (Å²) in [5, 5.41) is 2.68. The number of rotatable bonds is 6. The van der Waals surface area contributed by atoms with Crippen LogP contribution in [0.2, 0.25) is 0 Å². The number of carbonyl (C=O) groups is 2. The van der Waals surface area contributed by atoms with Crippen LogP contribution >= 0.6 is 0 Å². The molecule has 0 aromatic carbocycles. The van der Waals surface area contributed by atoms with Gasteiger partial charge in [0.25, 0.3) is 5.91 Å². The Hall–Kier alpha value is -1.10. The van der Waals surface area contributed by atoms with Gasteiger partial charge in [0.2, 0.25) is 0 Å². The summed E-state index contributed by atoms with van der Waals surface area (Å²) < 4.78 is 0. The van der Waals surface area contributed by atoms with Gasteiger partial charge in [-0.05, 0) is 38.6 Å². The van der Waals surface area contributed by atoms with Gasteiger partial charge < -0.3 is 11.1 Å². The normalized spacial score (nSPS) is 19.3. The van der Waals surface area contributed by atoms with Gasteiger partial charge in [-0.15, -0.1) is 0 Å². The van der Waals surface area contributed by atoms with E-state index in [9.17, 15) is 9.59 Å². The number of nitrogens with zero attached hydrogens (tertiary/aromatic N) is 1. The molecule has 0 saturated carbocycles. The summed E-state index contributed by atoms with van der Waals surface area (Å²) in [6.45, 7) is 8.86. The Labute approximate surface area is 109 Å². The SMILES string of the molecule is CC(C)(CN)CCCCN1C(=O)NC(C)(C)C1=O. The summed E-state index contributed by atoms with van der Waals surface area (Å²) >= 11 is 0. The average molecular weight is 255 g/mol. The molecule has 3 amide bonds. The maximum Gasteiger partial charge on any atom is 0.325 e. The first-order chi connectivity index (χ1) is 8.19. The van der Waals surface area contributed by atoms with Crippen molar-refractivity contribution in [3.8, 4) is 0 Å². The molecule has 18 heavy (non-hydrogen) atoms. The van der Waals surface area contributed by atoms with Crippen molar-refractivity contribution in [2.75, 3.05) is 13.1 Å². The van der Waals surface area contributed by atoms with Crippen LogP contribution in [0.4, 0.5) is 4.79 Å². The first-order valence-electron chi connectivity index (χ1n) is 6.54. The number of nitrogens with one attached hydrogen (secondary N) is 1. The summed E-state index contributed by atoms with van der Waals surface area (Å²) in [5.41, 5.74) is 5.04. The van der Waals surface area contributed by atoms with Crippen LogP contribution in [0, 0.1) is 5.41 Å². The first kappa shape index (κ1) is 15.0. The summed E-state index contributed by atoms with van der Waals surface area (Å²) in [6, 6.07) is -0.275. The van der Waals surface area contributed by atoms with E-state index in [-0.39, 0.29) is 17.4 Å². The summed E-state index contributed by atoms with van der Waals surface area (Å²) in [5.74, 6) is -0.134. The highest BCUT2D eigenvalue weighted by Crippen LogP contribution is 2.22. The molecule has 104 valence electrons. The number of nitrogens with two attached hydrogens (primary N) is 1. The highest BCUT2D eigenvalue weighted by Gasteiger charge is 2.43. The van der Waals surface area contributed by atoms with E-state index in [2.05, 4.69) is 19.2 Å². The molecular formula is C13H25N3O2. The van der Waals surface area contributed by atoms with Crippen molar-refractivity contribution in [3.63, 3.8) is 0 Å². The molecular weight excluding hydrogens is 230 g/mol. The molecule has 1 aliphatic rings. The van der Waals surface area contributed by atoms with E-state index >= 15 is 0 Å². The average Bonchev–Trinajstić information content (AvgIpc) is 2.45. The number of hydrogen-bond acceptors (Lipinski definition) is 3. The maximum atomic E-state index is 11.9. The van der Waals surface area contributed by atoms with Crippen molar-refractivity contribution in [1.29, 1.82) is 0 Å². The third kappa shape index (κ3) is 3.45. The Morgan fingerprint density at radius 2 is 1.89 bits per heavy atom. The zero-order valence-corrected chi connectivity index (χ0v) is 11.9. The van der Waals surface area contributed by atoms with Gasteiger partial charge in [0.15, 0.2) is 0 Å². The highest BCUT2D eigenvalue weighted by molar-refractivity contribution is 6.06. The molecule has 1 rings (SSSR count). The molecule has 1 fully saturated rings. The van der Waals surface area contributed by atoms with E-state index in [1.54, 1.807) is 13.8 Å². The fraction of sp³-hybridized carbons (Fsp3) is 0.846. The van der Waals surface area contributed by atoms with Gasteiger partial charge in [-0.25, -0.2) is 4.79 Å². The van der Waals surface area contributed by atoms with E-state index in [4.69, 9.17) is 5.73 Å². The second-order valence-electron chi connectivity index (χ2n) is 6.34. The summed E-state index contributed by atoms with van der Waals surface area (Å²) in [6.07, 6.45) is 2.82. The Kier molecular flexibility index (Phi) is 4.37. The molecule has 1 aliphatic heterocycles. The van der Waals surface area contributed by atoms with Crippen LogP contribution in [0.25, 0.3) is 0 Å². The van der Waals surface area contributed by atoms with Crippen molar-refractivity contribution in [2.45, 2.75) is 52.5 Å². The molecule has 0 aromatic heterocycles. The van der Waals surface area contributed by atoms with Crippen LogP contribution in [0.15, 0.2) is 0 Å². The Morgan fingerprint density at radius 3 is 2.33 bits per heavy atom. The molecule has 0 spiro atoms. The van der Waals surface area contributed by atoms with E-state index < -0.39 is 5.54 Å². The lowest BCUT2D eigenvalue weighted by atomic mass is 9.87. The monoisotopic (exact) mass is 255 g/mol. The molecule has 0 bridgehead atoms. The fourth-order valence-corrected chi connectivity index (χ4v) is 2.00. The van der Waals surface area contributed by atoms with E-state index in [1.165, 1.54) is 4.90 Å². The second kappa shape index (κ2) is 5.26. The van der Waals surface area contributed by atoms with Gasteiger partial charge in [0, 0.05) is 6.54 Å². The predicted molar refractivity (Wildman–Crippen MR) is 71.0 cm³/mol.